The van der Waals surface area contributed by atoms with Crippen molar-refractivity contribution in [3.8, 4) is 0 Å². The number of carbonyl (C=O) groups excluding carboxylic acids is 2. The third-order valence-electron chi connectivity index (χ3n) is 5.25. The van der Waals surface area contributed by atoms with Gasteiger partial charge in [-0.25, -0.2) is 4.79 Å². The van der Waals surface area contributed by atoms with E-state index < -0.39 is 17.5 Å². The Bertz CT molecular complexity index is 969. The van der Waals surface area contributed by atoms with E-state index in [1.165, 1.54) is 17.0 Å². The summed E-state index contributed by atoms with van der Waals surface area (Å²) in [6.07, 6.45) is 0.794. The number of anilines is 1. The van der Waals surface area contributed by atoms with Crippen LogP contribution < -0.4 is 4.90 Å². The number of benzene rings is 1. The SMILES string of the molecule is O=C(OCC(=O)N1CCc2sccc2C1)c1ccc(N2CCOCC2)c([N+](=O)[O-])c1. The molecule has 30 heavy (non-hydrogen) atoms. The second-order valence-corrected chi connectivity index (χ2v) is 8.07. The molecule has 0 unspecified atom stereocenters. The Morgan fingerprint density at radius 1 is 1.20 bits per heavy atom. The second-order valence-electron chi connectivity index (χ2n) is 7.07. The largest absolute Gasteiger partial charge is 0.452 e. The Hall–Kier alpha value is -2.98. The van der Waals surface area contributed by atoms with Crippen molar-refractivity contribution in [3.05, 3.63) is 55.8 Å². The van der Waals surface area contributed by atoms with Gasteiger partial charge in [0.05, 0.1) is 23.7 Å². The number of rotatable bonds is 5. The van der Waals surface area contributed by atoms with E-state index in [4.69, 9.17) is 9.47 Å². The van der Waals surface area contributed by atoms with Gasteiger partial charge >= 0.3 is 5.97 Å². The fraction of sp³-hybridized carbons (Fsp3) is 0.400. The summed E-state index contributed by atoms with van der Waals surface area (Å²) in [6.45, 7) is 2.77. The molecule has 0 N–H and O–H groups in total. The number of nitrogens with zero attached hydrogens (tertiary/aromatic N) is 3. The monoisotopic (exact) mass is 431 g/mol. The van der Waals surface area contributed by atoms with Crippen LogP contribution in [0.3, 0.4) is 0 Å². The molecule has 2 aliphatic rings. The number of nitro benzene ring substituents is 1. The lowest BCUT2D eigenvalue weighted by atomic mass is 10.1. The minimum Gasteiger partial charge on any atom is -0.452 e. The first kappa shape index (κ1) is 20.3. The van der Waals surface area contributed by atoms with E-state index in [0.717, 1.165) is 12.0 Å². The number of thiophene rings is 1. The van der Waals surface area contributed by atoms with Crippen molar-refractivity contribution in [3.63, 3.8) is 0 Å². The van der Waals surface area contributed by atoms with Crippen LogP contribution in [0.15, 0.2) is 29.6 Å². The first-order valence-electron chi connectivity index (χ1n) is 9.64. The van der Waals surface area contributed by atoms with Crippen molar-refractivity contribution in [2.75, 3.05) is 44.4 Å². The fourth-order valence-electron chi connectivity index (χ4n) is 3.63. The molecule has 4 rings (SSSR count). The molecule has 0 radical (unpaired) electrons. The maximum absolute atomic E-state index is 12.4. The molecule has 0 atom stereocenters. The molecule has 1 aromatic heterocycles. The summed E-state index contributed by atoms with van der Waals surface area (Å²) in [5, 5.41) is 13.5. The highest BCUT2D eigenvalue weighted by Gasteiger charge is 2.25. The number of morpholine rings is 1. The Kier molecular flexibility index (Phi) is 5.96. The Labute approximate surface area is 176 Å². The fourth-order valence-corrected chi connectivity index (χ4v) is 4.52. The first-order chi connectivity index (χ1) is 14.5. The maximum atomic E-state index is 12.4. The predicted octanol–water partition coefficient (Wildman–Crippen LogP) is 2.23. The van der Waals surface area contributed by atoms with Crippen LogP contribution >= 0.6 is 11.3 Å². The molecule has 158 valence electrons. The van der Waals surface area contributed by atoms with Crippen LogP contribution in [-0.4, -0.2) is 61.2 Å². The van der Waals surface area contributed by atoms with E-state index in [1.807, 2.05) is 16.3 Å². The highest BCUT2D eigenvalue weighted by atomic mass is 32.1. The number of ether oxygens (including phenoxy) is 2. The molecule has 0 bridgehead atoms. The van der Waals surface area contributed by atoms with Crippen LogP contribution in [0.4, 0.5) is 11.4 Å². The molecule has 1 saturated heterocycles. The number of hydrogen-bond acceptors (Lipinski definition) is 8. The number of esters is 1. The highest BCUT2D eigenvalue weighted by Crippen LogP contribution is 2.30. The number of carbonyl (C=O) groups is 2. The lowest BCUT2D eigenvalue weighted by Crippen LogP contribution is -2.38. The highest BCUT2D eigenvalue weighted by molar-refractivity contribution is 7.10. The normalized spacial score (nSPS) is 16.1. The second kappa shape index (κ2) is 8.80. The van der Waals surface area contributed by atoms with Gasteiger partial charge in [0.2, 0.25) is 0 Å². The average Bonchev–Trinajstić information content (AvgIpc) is 3.25. The van der Waals surface area contributed by atoms with Crippen molar-refractivity contribution in [2.24, 2.45) is 0 Å². The van der Waals surface area contributed by atoms with Gasteiger partial charge in [0, 0.05) is 37.1 Å². The minimum atomic E-state index is -0.756. The Morgan fingerprint density at radius 3 is 2.77 bits per heavy atom. The van der Waals surface area contributed by atoms with Gasteiger partial charge in [-0.2, -0.15) is 0 Å². The molecule has 0 spiro atoms. The Morgan fingerprint density at radius 2 is 2.00 bits per heavy atom. The van der Waals surface area contributed by atoms with E-state index in [2.05, 4.69) is 0 Å². The number of fused-ring (bicyclic) bond motifs is 1. The van der Waals surface area contributed by atoms with E-state index in [1.54, 1.807) is 22.3 Å². The van der Waals surface area contributed by atoms with Gasteiger partial charge in [-0.05, 0) is 35.6 Å². The molecule has 1 aromatic carbocycles. The van der Waals surface area contributed by atoms with Gasteiger partial charge in [0.25, 0.3) is 11.6 Å². The topological polar surface area (TPSA) is 102 Å². The number of hydrogen-bond donors (Lipinski definition) is 0. The lowest BCUT2D eigenvalue weighted by Gasteiger charge is -2.28. The number of amides is 1. The van der Waals surface area contributed by atoms with Crippen molar-refractivity contribution in [1.82, 2.24) is 4.90 Å². The van der Waals surface area contributed by atoms with E-state index >= 15 is 0 Å². The van der Waals surface area contributed by atoms with E-state index in [0.29, 0.717) is 45.1 Å². The van der Waals surface area contributed by atoms with Gasteiger partial charge < -0.3 is 19.3 Å². The summed E-state index contributed by atoms with van der Waals surface area (Å²) in [7, 11) is 0. The van der Waals surface area contributed by atoms with Crippen molar-refractivity contribution >= 4 is 34.6 Å². The zero-order chi connectivity index (χ0) is 21.1. The molecule has 9 nitrogen and oxygen atoms in total. The number of nitro groups is 1. The van der Waals surface area contributed by atoms with Crippen LogP contribution in [0.25, 0.3) is 0 Å². The van der Waals surface area contributed by atoms with E-state index in [9.17, 15) is 19.7 Å². The maximum Gasteiger partial charge on any atom is 0.338 e. The molecule has 1 fully saturated rings. The smallest absolute Gasteiger partial charge is 0.338 e. The summed E-state index contributed by atoms with van der Waals surface area (Å²) in [5.74, 6) is -1.03. The molecule has 1 amide bonds. The lowest BCUT2D eigenvalue weighted by molar-refractivity contribution is -0.384. The van der Waals surface area contributed by atoms with Crippen molar-refractivity contribution < 1.29 is 24.0 Å². The summed E-state index contributed by atoms with van der Waals surface area (Å²) >= 11 is 1.68. The predicted molar refractivity (Wildman–Crippen MR) is 110 cm³/mol. The third-order valence-corrected chi connectivity index (χ3v) is 6.27. The van der Waals surface area contributed by atoms with Gasteiger partial charge in [-0.15, -0.1) is 11.3 Å². The van der Waals surface area contributed by atoms with Crippen LogP contribution in [0.1, 0.15) is 20.8 Å². The summed E-state index contributed by atoms with van der Waals surface area (Å²) in [5.41, 5.74) is 1.44. The minimum absolute atomic E-state index is 0.0466. The summed E-state index contributed by atoms with van der Waals surface area (Å²) < 4.78 is 10.4. The van der Waals surface area contributed by atoms with Crippen molar-refractivity contribution in [1.29, 1.82) is 0 Å². The van der Waals surface area contributed by atoms with Crippen molar-refractivity contribution in [2.45, 2.75) is 13.0 Å². The standard InChI is InChI=1S/C20H21N3O6S/c24-19(22-5-3-18-15(12-22)4-10-30-18)13-29-20(25)14-1-2-16(17(11-14)23(26)27)21-6-8-28-9-7-21/h1-2,4,10-11H,3,5-9,12-13H2. The van der Waals surface area contributed by atoms with Crippen LogP contribution in [-0.2, 0) is 27.2 Å². The Balaban J connectivity index is 1.40. The van der Waals surface area contributed by atoms with Gasteiger partial charge in [0.15, 0.2) is 6.61 Å². The van der Waals surface area contributed by atoms with E-state index in [-0.39, 0.29) is 17.2 Å². The molecular formula is C20H21N3O6S. The van der Waals surface area contributed by atoms with Gasteiger partial charge in [-0.1, -0.05) is 0 Å². The van der Waals surface area contributed by atoms with Gasteiger partial charge in [-0.3, -0.25) is 14.9 Å². The zero-order valence-electron chi connectivity index (χ0n) is 16.2. The van der Waals surface area contributed by atoms with Crippen LogP contribution in [0, 0.1) is 10.1 Å². The molecule has 2 aromatic rings. The molecule has 10 heteroatoms. The molecule has 2 aliphatic heterocycles. The zero-order valence-corrected chi connectivity index (χ0v) is 17.1. The molecule has 3 heterocycles. The quantitative estimate of drug-likeness (QED) is 0.406. The van der Waals surface area contributed by atoms with Gasteiger partial charge in [0.1, 0.15) is 5.69 Å². The van der Waals surface area contributed by atoms with Crippen LogP contribution in [0.5, 0.6) is 0 Å². The third kappa shape index (κ3) is 4.29. The summed E-state index contributed by atoms with van der Waals surface area (Å²) in [4.78, 5) is 40.6. The first-order valence-corrected chi connectivity index (χ1v) is 10.5. The average molecular weight is 431 g/mol. The van der Waals surface area contributed by atoms with Crippen LogP contribution in [0.2, 0.25) is 0 Å². The molecular weight excluding hydrogens is 410 g/mol. The molecule has 0 saturated carbocycles. The summed E-state index contributed by atoms with van der Waals surface area (Å²) in [6, 6.07) is 6.24. The molecule has 0 aliphatic carbocycles.